The van der Waals surface area contributed by atoms with Gasteiger partial charge in [-0.1, -0.05) is 0 Å². The fourth-order valence-corrected chi connectivity index (χ4v) is 3.04. The molecule has 8 heteroatoms. The van der Waals surface area contributed by atoms with Crippen LogP contribution in [0.3, 0.4) is 0 Å². The Hall–Kier alpha value is -3.03. The standard InChI is InChI=1S/C18H18FN3O4/c19-12-3-7-14(8-4-12)22-16(23)10-9-15(21-22)17(24)20-13-5-1-11(2-6-13)18(25)26/h3-4,7-11,13H,1-2,5-6H2,(H,20,24)(H,25,26). The van der Waals surface area contributed by atoms with E-state index in [0.717, 1.165) is 4.68 Å². The van der Waals surface area contributed by atoms with Gasteiger partial charge in [0.2, 0.25) is 0 Å². The molecular formula is C18H18FN3O4. The van der Waals surface area contributed by atoms with Crippen molar-refractivity contribution in [2.75, 3.05) is 0 Å². The molecule has 0 atom stereocenters. The van der Waals surface area contributed by atoms with E-state index in [1.807, 2.05) is 0 Å². The normalized spacial score (nSPS) is 19.7. The van der Waals surface area contributed by atoms with Crippen LogP contribution in [0.15, 0.2) is 41.2 Å². The summed E-state index contributed by atoms with van der Waals surface area (Å²) in [5, 5.41) is 15.9. The molecule has 136 valence electrons. The van der Waals surface area contributed by atoms with E-state index in [9.17, 15) is 18.8 Å². The number of halogens is 1. The molecule has 0 unspecified atom stereocenters. The van der Waals surface area contributed by atoms with Crippen LogP contribution in [0, 0.1) is 11.7 Å². The lowest BCUT2D eigenvalue weighted by atomic mass is 9.86. The number of nitrogens with one attached hydrogen (secondary N) is 1. The summed E-state index contributed by atoms with van der Waals surface area (Å²) < 4.78 is 14.1. The fraction of sp³-hybridized carbons (Fsp3) is 0.333. The highest BCUT2D eigenvalue weighted by atomic mass is 19.1. The van der Waals surface area contributed by atoms with Crippen LogP contribution in [0.1, 0.15) is 36.2 Å². The quantitative estimate of drug-likeness (QED) is 0.866. The molecule has 1 amide bonds. The van der Waals surface area contributed by atoms with Crippen LogP contribution in [-0.2, 0) is 4.79 Å². The van der Waals surface area contributed by atoms with Crippen molar-refractivity contribution in [3.63, 3.8) is 0 Å². The first-order chi connectivity index (χ1) is 12.4. The molecule has 7 nitrogen and oxygen atoms in total. The van der Waals surface area contributed by atoms with Gasteiger partial charge < -0.3 is 10.4 Å². The third-order valence-corrected chi connectivity index (χ3v) is 4.52. The first-order valence-corrected chi connectivity index (χ1v) is 8.34. The van der Waals surface area contributed by atoms with Gasteiger partial charge in [-0.3, -0.25) is 14.4 Å². The third-order valence-electron chi connectivity index (χ3n) is 4.52. The van der Waals surface area contributed by atoms with Crippen molar-refractivity contribution in [2.24, 2.45) is 5.92 Å². The first-order valence-electron chi connectivity index (χ1n) is 8.34. The van der Waals surface area contributed by atoms with Crippen molar-refractivity contribution in [3.8, 4) is 5.69 Å². The highest BCUT2D eigenvalue weighted by Gasteiger charge is 2.27. The molecule has 2 aromatic rings. The summed E-state index contributed by atoms with van der Waals surface area (Å²) in [7, 11) is 0. The van der Waals surface area contributed by atoms with E-state index in [0.29, 0.717) is 31.4 Å². The zero-order valence-electron chi connectivity index (χ0n) is 13.9. The van der Waals surface area contributed by atoms with Gasteiger partial charge in [-0.05, 0) is 56.0 Å². The average Bonchev–Trinajstić information content (AvgIpc) is 2.63. The summed E-state index contributed by atoms with van der Waals surface area (Å²) >= 11 is 0. The number of amides is 1. The van der Waals surface area contributed by atoms with E-state index >= 15 is 0 Å². The first kappa shape index (κ1) is 17.8. The fourth-order valence-electron chi connectivity index (χ4n) is 3.04. The number of carboxylic acid groups (broad SMARTS) is 1. The number of carboxylic acids is 1. The number of hydrogen-bond donors (Lipinski definition) is 2. The number of benzene rings is 1. The third kappa shape index (κ3) is 3.96. The Bertz CT molecular complexity index is 871. The van der Waals surface area contributed by atoms with Crippen LogP contribution in [0.2, 0.25) is 0 Å². The summed E-state index contributed by atoms with van der Waals surface area (Å²) in [6.45, 7) is 0. The number of carbonyl (C=O) groups is 2. The molecular weight excluding hydrogens is 341 g/mol. The Labute approximate surface area is 148 Å². The topological polar surface area (TPSA) is 101 Å². The maximum absolute atomic E-state index is 13.0. The molecule has 1 heterocycles. The Kier molecular flexibility index (Phi) is 5.11. The predicted octanol–water partition coefficient (Wildman–Crippen LogP) is 1.74. The van der Waals surface area contributed by atoms with Gasteiger partial charge >= 0.3 is 5.97 Å². The minimum absolute atomic E-state index is 0.0642. The van der Waals surface area contributed by atoms with E-state index in [4.69, 9.17) is 5.11 Å². The molecule has 0 spiro atoms. The number of aliphatic carboxylic acids is 1. The number of aromatic nitrogens is 2. The van der Waals surface area contributed by atoms with E-state index in [2.05, 4.69) is 10.4 Å². The maximum Gasteiger partial charge on any atom is 0.306 e. The van der Waals surface area contributed by atoms with Crippen molar-refractivity contribution in [1.82, 2.24) is 15.1 Å². The van der Waals surface area contributed by atoms with Gasteiger partial charge in [0.15, 0.2) is 0 Å². The Balaban J connectivity index is 1.72. The largest absolute Gasteiger partial charge is 0.481 e. The molecule has 26 heavy (non-hydrogen) atoms. The lowest BCUT2D eigenvalue weighted by Crippen LogP contribution is -2.39. The van der Waals surface area contributed by atoms with Crippen molar-refractivity contribution < 1.29 is 19.1 Å². The Morgan fingerprint density at radius 3 is 2.35 bits per heavy atom. The van der Waals surface area contributed by atoms with Crippen molar-refractivity contribution in [1.29, 1.82) is 0 Å². The zero-order chi connectivity index (χ0) is 18.7. The number of hydrogen-bond acceptors (Lipinski definition) is 4. The monoisotopic (exact) mass is 359 g/mol. The molecule has 1 aliphatic carbocycles. The molecule has 1 aromatic heterocycles. The Morgan fingerprint density at radius 1 is 1.08 bits per heavy atom. The molecule has 0 aliphatic heterocycles. The minimum Gasteiger partial charge on any atom is -0.481 e. The van der Waals surface area contributed by atoms with Crippen LogP contribution < -0.4 is 10.9 Å². The van der Waals surface area contributed by atoms with Crippen molar-refractivity contribution in [3.05, 3.63) is 58.3 Å². The second kappa shape index (κ2) is 7.47. The second-order valence-electron chi connectivity index (χ2n) is 6.31. The molecule has 1 saturated carbocycles. The minimum atomic E-state index is -0.803. The van der Waals surface area contributed by atoms with Gasteiger partial charge in [0.25, 0.3) is 11.5 Å². The molecule has 0 radical (unpaired) electrons. The van der Waals surface area contributed by atoms with E-state index in [1.165, 1.54) is 36.4 Å². The van der Waals surface area contributed by atoms with Crippen LogP contribution >= 0.6 is 0 Å². The van der Waals surface area contributed by atoms with Gasteiger partial charge in [-0.2, -0.15) is 9.78 Å². The van der Waals surface area contributed by atoms with Crippen molar-refractivity contribution >= 4 is 11.9 Å². The van der Waals surface area contributed by atoms with Crippen LogP contribution in [0.5, 0.6) is 0 Å². The van der Waals surface area contributed by atoms with Gasteiger partial charge in [-0.15, -0.1) is 0 Å². The molecule has 1 fully saturated rings. The lowest BCUT2D eigenvalue weighted by molar-refractivity contribution is -0.142. The maximum atomic E-state index is 13.0. The summed E-state index contributed by atoms with van der Waals surface area (Å²) in [5.74, 6) is -2.03. The summed E-state index contributed by atoms with van der Waals surface area (Å²) in [5.41, 5.74) is -0.0163. The van der Waals surface area contributed by atoms with Crippen LogP contribution in [-0.4, -0.2) is 32.8 Å². The van der Waals surface area contributed by atoms with E-state index < -0.39 is 23.3 Å². The SMILES string of the molecule is O=C(NC1CCC(C(=O)O)CC1)c1ccc(=O)n(-c2ccc(F)cc2)n1. The average molecular weight is 359 g/mol. The number of nitrogens with zero attached hydrogens (tertiary/aromatic N) is 2. The second-order valence-corrected chi connectivity index (χ2v) is 6.31. The molecule has 1 aliphatic rings. The summed E-state index contributed by atoms with van der Waals surface area (Å²) in [4.78, 5) is 35.4. The van der Waals surface area contributed by atoms with Gasteiger partial charge in [-0.25, -0.2) is 4.39 Å². The highest BCUT2D eigenvalue weighted by Crippen LogP contribution is 2.24. The van der Waals surface area contributed by atoms with Crippen LogP contribution in [0.4, 0.5) is 4.39 Å². The summed E-state index contributed by atoms with van der Waals surface area (Å²) in [6.07, 6.45) is 2.20. The summed E-state index contributed by atoms with van der Waals surface area (Å²) in [6, 6.07) is 7.66. The molecule has 0 saturated heterocycles. The molecule has 3 rings (SSSR count). The zero-order valence-corrected chi connectivity index (χ0v) is 13.9. The predicted molar refractivity (Wildman–Crippen MR) is 90.6 cm³/mol. The van der Waals surface area contributed by atoms with E-state index in [-0.39, 0.29) is 17.7 Å². The smallest absolute Gasteiger partial charge is 0.306 e. The van der Waals surface area contributed by atoms with Gasteiger partial charge in [0.1, 0.15) is 11.5 Å². The Morgan fingerprint density at radius 2 is 1.73 bits per heavy atom. The van der Waals surface area contributed by atoms with Gasteiger partial charge in [0.05, 0.1) is 11.6 Å². The molecule has 2 N–H and O–H groups in total. The van der Waals surface area contributed by atoms with Crippen LogP contribution in [0.25, 0.3) is 5.69 Å². The molecule has 1 aromatic carbocycles. The number of rotatable bonds is 4. The van der Waals surface area contributed by atoms with Crippen molar-refractivity contribution in [2.45, 2.75) is 31.7 Å². The van der Waals surface area contributed by atoms with Gasteiger partial charge in [0, 0.05) is 12.1 Å². The molecule has 0 bridgehead atoms. The lowest BCUT2D eigenvalue weighted by Gasteiger charge is -2.26. The van der Waals surface area contributed by atoms with E-state index in [1.54, 1.807) is 0 Å². The number of carbonyl (C=O) groups excluding carboxylic acids is 1. The highest BCUT2D eigenvalue weighted by molar-refractivity contribution is 5.92.